The third-order valence-electron chi connectivity index (χ3n) is 0.577. The summed E-state index contributed by atoms with van der Waals surface area (Å²) in [4.78, 5) is 14.6. The van der Waals surface area contributed by atoms with Crippen molar-refractivity contribution in [2.75, 3.05) is 0 Å². The number of hydroxylamine groups is 1. The van der Waals surface area contributed by atoms with Crippen LogP contribution in [0.5, 0.6) is 0 Å². The fourth-order valence-electron chi connectivity index (χ4n) is 0.180. The molecule has 0 radical (unpaired) electrons. The molecule has 3 heteroatoms. The van der Waals surface area contributed by atoms with Gasteiger partial charge in [0.15, 0.2) is 0 Å². The maximum absolute atomic E-state index is 10.3. The van der Waals surface area contributed by atoms with Crippen molar-refractivity contribution in [3.05, 3.63) is 12.8 Å². The van der Waals surface area contributed by atoms with Crippen LogP contribution in [-0.4, -0.2) is 5.91 Å². The Hall–Kier alpha value is -0.990. The van der Waals surface area contributed by atoms with Crippen LogP contribution in [0, 0.1) is 0 Å². The summed E-state index contributed by atoms with van der Waals surface area (Å²) in [6.45, 7) is 4.97. The van der Waals surface area contributed by atoms with E-state index in [4.69, 9.17) is 0 Å². The van der Waals surface area contributed by atoms with E-state index in [-0.39, 0.29) is 5.91 Å². The average Bonchev–Trinajstić information content (AvgIpc) is 1.83. The second kappa shape index (κ2) is 4.18. The molecule has 0 aromatic rings. The molecule has 0 fully saturated rings. The number of amides is 1. The molecule has 0 aliphatic heterocycles. The quantitative estimate of drug-likeness (QED) is 0.431. The van der Waals surface area contributed by atoms with Gasteiger partial charge in [-0.15, -0.1) is 0 Å². The summed E-state index contributed by atoms with van der Waals surface area (Å²) in [5, 5.41) is 0. The molecule has 0 aromatic carbocycles. The highest BCUT2D eigenvalue weighted by Gasteiger charge is 1.90. The fraction of sp³-hybridized carbons (Fsp3) is 0.400. The van der Waals surface area contributed by atoms with Crippen LogP contribution in [0.15, 0.2) is 12.8 Å². The Kier molecular flexibility index (Phi) is 3.66. The van der Waals surface area contributed by atoms with Gasteiger partial charge in [0, 0.05) is 6.42 Å². The minimum Gasteiger partial charge on any atom is -0.388 e. The third-order valence-corrected chi connectivity index (χ3v) is 0.577. The van der Waals surface area contributed by atoms with E-state index in [0.29, 0.717) is 6.42 Å². The van der Waals surface area contributed by atoms with Crippen molar-refractivity contribution in [3.8, 4) is 0 Å². The van der Waals surface area contributed by atoms with Crippen LogP contribution < -0.4 is 5.48 Å². The molecule has 3 nitrogen and oxygen atoms in total. The van der Waals surface area contributed by atoms with Crippen LogP contribution in [0.2, 0.25) is 0 Å². The van der Waals surface area contributed by atoms with E-state index in [1.807, 2.05) is 0 Å². The van der Waals surface area contributed by atoms with E-state index in [1.54, 1.807) is 6.92 Å². The van der Waals surface area contributed by atoms with Crippen LogP contribution >= 0.6 is 0 Å². The first-order valence-corrected chi connectivity index (χ1v) is 2.36. The molecule has 0 heterocycles. The number of carbonyl (C=O) groups excluding carboxylic acids is 1. The Morgan fingerprint density at radius 3 is 3.00 bits per heavy atom. The van der Waals surface area contributed by atoms with Gasteiger partial charge in [0.1, 0.15) is 6.26 Å². The van der Waals surface area contributed by atoms with E-state index in [9.17, 15) is 4.79 Å². The summed E-state index contributed by atoms with van der Waals surface area (Å²) in [5.41, 5.74) is 2.12. The number of nitrogens with one attached hydrogen (secondary N) is 1. The predicted molar refractivity (Wildman–Crippen MR) is 29.7 cm³/mol. The molecule has 0 unspecified atom stereocenters. The van der Waals surface area contributed by atoms with E-state index < -0.39 is 0 Å². The van der Waals surface area contributed by atoms with Crippen molar-refractivity contribution in [1.82, 2.24) is 5.48 Å². The van der Waals surface area contributed by atoms with Crippen LogP contribution in [0.25, 0.3) is 0 Å². The molecule has 0 saturated carbocycles. The number of carbonyl (C=O) groups is 1. The van der Waals surface area contributed by atoms with Gasteiger partial charge in [-0.3, -0.25) is 4.79 Å². The summed E-state index contributed by atoms with van der Waals surface area (Å²) in [6, 6.07) is 0. The molecule has 8 heavy (non-hydrogen) atoms. The zero-order chi connectivity index (χ0) is 6.41. The summed E-state index contributed by atoms with van der Waals surface area (Å²) in [7, 11) is 0. The van der Waals surface area contributed by atoms with Crippen LogP contribution in [0.3, 0.4) is 0 Å². The first kappa shape index (κ1) is 7.01. The number of hydrogen-bond acceptors (Lipinski definition) is 2. The molecule has 0 saturated heterocycles. The van der Waals surface area contributed by atoms with Gasteiger partial charge in [0.2, 0.25) is 0 Å². The van der Waals surface area contributed by atoms with E-state index in [0.717, 1.165) is 6.26 Å². The lowest BCUT2D eigenvalue weighted by molar-refractivity contribution is -0.129. The molecule has 0 rings (SSSR count). The standard InChI is InChI=1S/C5H9NO2/c1-3-5(7)6-8-4-2/h4H,2-3H2,1H3,(H,6,7). The van der Waals surface area contributed by atoms with Gasteiger partial charge >= 0.3 is 0 Å². The lowest BCUT2D eigenvalue weighted by Gasteiger charge is -1.97. The van der Waals surface area contributed by atoms with Gasteiger partial charge in [0.25, 0.3) is 5.91 Å². The molecule has 0 atom stereocenters. The monoisotopic (exact) mass is 115 g/mol. The predicted octanol–water partition coefficient (Wildman–Crippen LogP) is 0.588. The van der Waals surface area contributed by atoms with E-state index in [2.05, 4.69) is 16.9 Å². The van der Waals surface area contributed by atoms with Crippen LogP contribution in [0.1, 0.15) is 13.3 Å². The third kappa shape index (κ3) is 3.21. The number of hydrogen-bond donors (Lipinski definition) is 1. The summed E-state index contributed by atoms with van der Waals surface area (Å²) in [6.07, 6.45) is 1.58. The Bertz CT molecular complexity index is 90.4. The van der Waals surface area contributed by atoms with Gasteiger partial charge in [0.05, 0.1) is 0 Å². The maximum Gasteiger partial charge on any atom is 0.252 e. The molecular weight excluding hydrogens is 106 g/mol. The minimum atomic E-state index is -0.148. The molecule has 0 bridgehead atoms. The SMILES string of the molecule is C=CONC(=O)CC. The zero-order valence-corrected chi connectivity index (χ0v) is 4.81. The average molecular weight is 115 g/mol. The topological polar surface area (TPSA) is 38.3 Å². The second-order valence-corrected chi connectivity index (χ2v) is 1.16. The van der Waals surface area contributed by atoms with Gasteiger partial charge in [-0.1, -0.05) is 13.5 Å². The van der Waals surface area contributed by atoms with Crippen molar-refractivity contribution in [1.29, 1.82) is 0 Å². The largest absolute Gasteiger partial charge is 0.388 e. The van der Waals surface area contributed by atoms with Crippen molar-refractivity contribution >= 4 is 5.91 Å². The summed E-state index contributed by atoms with van der Waals surface area (Å²) < 4.78 is 0. The lowest BCUT2D eigenvalue weighted by atomic mass is 10.5. The molecule has 0 spiro atoms. The highest BCUT2D eigenvalue weighted by Crippen LogP contribution is 1.73. The van der Waals surface area contributed by atoms with Gasteiger partial charge in [-0.05, 0) is 0 Å². The van der Waals surface area contributed by atoms with Crippen LogP contribution in [0.4, 0.5) is 0 Å². The summed E-state index contributed by atoms with van der Waals surface area (Å²) >= 11 is 0. The summed E-state index contributed by atoms with van der Waals surface area (Å²) in [5.74, 6) is -0.148. The molecule has 0 aromatic heterocycles. The van der Waals surface area contributed by atoms with Gasteiger partial charge in [-0.25, -0.2) is 0 Å². The lowest BCUT2D eigenvalue weighted by Crippen LogP contribution is -2.19. The maximum atomic E-state index is 10.3. The second-order valence-electron chi connectivity index (χ2n) is 1.16. The fourth-order valence-corrected chi connectivity index (χ4v) is 0.180. The Balaban J connectivity index is 3.11. The first-order chi connectivity index (χ1) is 3.81. The Morgan fingerprint density at radius 1 is 2.00 bits per heavy atom. The number of rotatable bonds is 3. The van der Waals surface area contributed by atoms with Crippen LogP contribution in [-0.2, 0) is 9.63 Å². The highest BCUT2D eigenvalue weighted by atomic mass is 16.6. The van der Waals surface area contributed by atoms with Crippen molar-refractivity contribution < 1.29 is 9.63 Å². The van der Waals surface area contributed by atoms with Crippen molar-refractivity contribution in [3.63, 3.8) is 0 Å². The van der Waals surface area contributed by atoms with E-state index in [1.165, 1.54) is 0 Å². The Morgan fingerprint density at radius 2 is 2.62 bits per heavy atom. The Labute approximate surface area is 48.3 Å². The molecular formula is C5H9NO2. The molecule has 0 aliphatic rings. The van der Waals surface area contributed by atoms with Gasteiger partial charge < -0.3 is 4.84 Å². The molecule has 46 valence electrons. The normalized spacial score (nSPS) is 7.62. The van der Waals surface area contributed by atoms with Gasteiger partial charge in [-0.2, -0.15) is 5.48 Å². The first-order valence-electron chi connectivity index (χ1n) is 2.36. The van der Waals surface area contributed by atoms with E-state index >= 15 is 0 Å². The van der Waals surface area contributed by atoms with Crippen molar-refractivity contribution in [2.24, 2.45) is 0 Å². The molecule has 1 N–H and O–H groups in total. The zero-order valence-electron chi connectivity index (χ0n) is 4.81. The molecule has 1 amide bonds. The molecule has 0 aliphatic carbocycles. The smallest absolute Gasteiger partial charge is 0.252 e. The van der Waals surface area contributed by atoms with Crippen molar-refractivity contribution in [2.45, 2.75) is 13.3 Å². The minimum absolute atomic E-state index is 0.148. The highest BCUT2D eigenvalue weighted by molar-refractivity contribution is 5.74.